The summed E-state index contributed by atoms with van der Waals surface area (Å²) in [6.07, 6.45) is 8.20. The van der Waals surface area contributed by atoms with E-state index in [1.54, 1.807) is 55.7 Å². The Morgan fingerprint density at radius 1 is 1.13 bits per heavy atom. The molecule has 2 N–H and O–H groups in total. The number of benzene rings is 2. The fraction of sp³-hybridized carbons (Fsp3) is 0.217. The number of carbonyl (C=O) groups excluding carboxylic acids is 2. The van der Waals surface area contributed by atoms with Crippen LogP contribution < -0.4 is 20.1 Å². The predicted octanol–water partition coefficient (Wildman–Crippen LogP) is 2.74. The standard InChI is InChI=1S/C23H24N2O5/c1-4-14-30-20-11-9-17(16-21(20)29-3)10-12-22(26)25-19-8-6-5-7-18(19)23(27)24-13-15-28-2/h1,5-12,16H,13-15H2,2-3H3,(H,24,27)(H,25,26). The highest BCUT2D eigenvalue weighted by molar-refractivity contribution is 6.07. The molecule has 0 heterocycles. The van der Waals surface area contributed by atoms with Crippen molar-refractivity contribution < 1.29 is 23.8 Å². The molecule has 2 amide bonds. The zero-order valence-electron chi connectivity index (χ0n) is 16.9. The molecule has 0 aliphatic heterocycles. The van der Waals surface area contributed by atoms with Gasteiger partial charge in [-0.15, -0.1) is 6.42 Å². The van der Waals surface area contributed by atoms with Crippen LogP contribution in [0.4, 0.5) is 5.69 Å². The molecule has 0 saturated carbocycles. The number of anilines is 1. The van der Waals surface area contributed by atoms with Gasteiger partial charge in [-0.3, -0.25) is 9.59 Å². The second kappa shape index (κ2) is 11.9. The SMILES string of the molecule is C#CCOc1ccc(C=CC(=O)Nc2ccccc2C(=O)NCCOC)cc1OC. The average molecular weight is 408 g/mol. The lowest BCUT2D eigenvalue weighted by Gasteiger charge is -2.10. The van der Waals surface area contributed by atoms with Gasteiger partial charge in [0.2, 0.25) is 5.91 Å². The zero-order valence-corrected chi connectivity index (χ0v) is 16.9. The van der Waals surface area contributed by atoms with E-state index in [1.165, 1.54) is 13.2 Å². The van der Waals surface area contributed by atoms with E-state index in [4.69, 9.17) is 20.6 Å². The number of carbonyl (C=O) groups is 2. The fourth-order valence-electron chi connectivity index (χ4n) is 2.52. The van der Waals surface area contributed by atoms with E-state index >= 15 is 0 Å². The minimum Gasteiger partial charge on any atom is -0.493 e. The second-order valence-corrected chi connectivity index (χ2v) is 6.02. The first-order valence-electron chi connectivity index (χ1n) is 9.18. The van der Waals surface area contributed by atoms with Crippen molar-refractivity contribution in [1.29, 1.82) is 0 Å². The monoisotopic (exact) mass is 408 g/mol. The Kier molecular flexibility index (Phi) is 8.97. The number of nitrogens with one attached hydrogen (secondary N) is 2. The molecule has 2 aromatic rings. The number of hydrogen-bond donors (Lipinski definition) is 2. The van der Waals surface area contributed by atoms with E-state index in [0.29, 0.717) is 35.9 Å². The van der Waals surface area contributed by atoms with Crippen LogP contribution in [-0.4, -0.2) is 45.8 Å². The third-order valence-corrected chi connectivity index (χ3v) is 3.95. The van der Waals surface area contributed by atoms with E-state index in [-0.39, 0.29) is 18.4 Å². The number of terminal acetylenes is 1. The lowest BCUT2D eigenvalue weighted by atomic mass is 10.1. The van der Waals surface area contributed by atoms with Crippen LogP contribution in [0.2, 0.25) is 0 Å². The van der Waals surface area contributed by atoms with Crippen LogP contribution in [-0.2, 0) is 9.53 Å². The molecule has 0 unspecified atom stereocenters. The molecule has 0 radical (unpaired) electrons. The van der Waals surface area contributed by atoms with Crippen LogP contribution in [0.25, 0.3) is 6.08 Å². The summed E-state index contributed by atoms with van der Waals surface area (Å²) in [5.41, 5.74) is 1.52. The first-order chi connectivity index (χ1) is 14.6. The Morgan fingerprint density at radius 2 is 1.93 bits per heavy atom. The molecular formula is C23H24N2O5. The smallest absolute Gasteiger partial charge is 0.253 e. The molecule has 0 atom stereocenters. The van der Waals surface area contributed by atoms with Crippen molar-refractivity contribution >= 4 is 23.6 Å². The molecule has 2 aromatic carbocycles. The third-order valence-electron chi connectivity index (χ3n) is 3.95. The first kappa shape index (κ1) is 22.5. The largest absolute Gasteiger partial charge is 0.493 e. The normalized spacial score (nSPS) is 10.3. The van der Waals surface area contributed by atoms with Crippen LogP contribution in [0.15, 0.2) is 48.5 Å². The maximum absolute atomic E-state index is 12.4. The Labute approximate surface area is 176 Å². The highest BCUT2D eigenvalue weighted by Gasteiger charge is 2.12. The summed E-state index contributed by atoms with van der Waals surface area (Å²) in [7, 11) is 3.08. The summed E-state index contributed by atoms with van der Waals surface area (Å²) in [6.45, 7) is 0.909. The summed E-state index contributed by atoms with van der Waals surface area (Å²) >= 11 is 0. The maximum Gasteiger partial charge on any atom is 0.253 e. The van der Waals surface area contributed by atoms with Crippen molar-refractivity contribution in [3.05, 3.63) is 59.7 Å². The quantitative estimate of drug-likeness (QED) is 0.359. The third kappa shape index (κ3) is 6.69. The topological polar surface area (TPSA) is 85.9 Å². The average Bonchev–Trinajstić information content (AvgIpc) is 2.77. The van der Waals surface area contributed by atoms with Crippen LogP contribution >= 0.6 is 0 Å². The van der Waals surface area contributed by atoms with E-state index in [0.717, 1.165) is 5.56 Å². The molecule has 2 rings (SSSR count). The summed E-state index contributed by atoms with van der Waals surface area (Å²) < 4.78 is 15.6. The lowest BCUT2D eigenvalue weighted by molar-refractivity contribution is -0.111. The van der Waals surface area contributed by atoms with Gasteiger partial charge in [0.1, 0.15) is 6.61 Å². The maximum atomic E-state index is 12.4. The molecule has 0 fully saturated rings. The summed E-state index contributed by atoms with van der Waals surface area (Å²) in [6, 6.07) is 12.0. The Bertz CT molecular complexity index is 947. The molecule has 30 heavy (non-hydrogen) atoms. The van der Waals surface area contributed by atoms with Gasteiger partial charge >= 0.3 is 0 Å². The molecule has 0 spiro atoms. The number of rotatable bonds is 10. The number of ether oxygens (including phenoxy) is 3. The van der Waals surface area contributed by atoms with Crippen molar-refractivity contribution in [3.8, 4) is 23.8 Å². The van der Waals surface area contributed by atoms with Crippen LogP contribution in [0, 0.1) is 12.3 Å². The van der Waals surface area contributed by atoms with Crippen molar-refractivity contribution in [2.24, 2.45) is 0 Å². The van der Waals surface area contributed by atoms with Gasteiger partial charge in [-0.2, -0.15) is 0 Å². The highest BCUT2D eigenvalue weighted by atomic mass is 16.5. The Morgan fingerprint density at radius 3 is 2.67 bits per heavy atom. The Hall–Kier alpha value is -3.76. The fourth-order valence-corrected chi connectivity index (χ4v) is 2.52. The second-order valence-electron chi connectivity index (χ2n) is 6.02. The molecule has 7 nitrogen and oxygen atoms in total. The zero-order chi connectivity index (χ0) is 21.8. The predicted molar refractivity (Wildman–Crippen MR) is 116 cm³/mol. The van der Waals surface area contributed by atoms with Gasteiger partial charge in [0.05, 0.1) is 25.0 Å². The van der Waals surface area contributed by atoms with Crippen molar-refractivity contribution in [1.82, 2.24) is 5.32 Å². The summed E-state index contributed by atoms with van der Waals surface area (Å²) in [5, 5.41) is 5.46. The van der Waals surface area contributed by atoms with Gasteiger partial charge in [0, 0.05) is 19.7 Å². The van der Waals surface area contributed by atoms with Gasteiger partial charge in [0.25, 0.3) is 5.91 Å². The van der Waals surface area contributed by atoms with E-state index in [2.05, 4.69) is 16.6 Å². The molecule has 0 saturated heterocycles. The minimum absolute atomic E-state index is 0.131. The van der Waals surface area contributed by atoms with E-state index in [1.807, 2.05) is 0 Å². The molecule has 156 valence electrons. The van der Waals surface area contributed by atoms with Gasteiger partial charge in [-0.25, -0.2) is 0 Å². The number of hydrogen-bond acceptors (Lipinski definition) is 5. The van der Waals surface area contributed by atoms with Crippen LogP contribution in [0.5, 0.6) is 11.5 Å². The molecule has 0 bridgehead atoms. The van der Waals surface area contributed by atoms with Crippen molar-refractivity contribution in [3.63, 3.8) is 0 Å². The van der Waals surface area contributed by atoms with Crippen LogP contribution in [0.1, 0.15) is 15.9 Å². The summed E-state index contributed by atoms with van der Waals surface area (Å²) in [5.74, 6) is 2.75. The van der Waals surface area contributed by atoms with Gasteiger partial charge < -0.3 is 24.8 Å². The molecule has 7 heteroatoms. The number of methoxy groups -OCH3 is 2. The van der Waals surface area contributed by atoms with E-state index < -0.39 is 0 Å². The van der Waals surface area contributed by atoms with Crippen molar-refractivity contribution in [2.75, 3.05) is 39.3 Å². The van der Waals surface area contributed by atoms with Gasteiger partial charge in [-0.1, -0.05) is 24.1 Å². The number of para-hydroxylation sites is 1. The molecule has 0 aliphatic rings. The highest BCUT2D eigenvalue weighted by Crippen LogP contribution is 2.28. The molecular weight excluding hydrogens is 384 g/mol. The molecule has 0 aromatic heterocycles. The summed E-state index contributed by atoms with van der Waals surface area (Å²) in [4.78, 5) is 24.7. The number of amides is 2. The van der Waals surface area contributed by atoms with E-state index in [9.17, 15) is 9.59 Å². The van der Waals surface area contributed by atoms with Crippen molar-refractivity contribution in [2.45, 2.75) is 0 Å². The van der Waals surface area contributed by atoms with Crippen LogP contribution in [0.3, 0.4) is 0 Å². The lowest BCUT2D eigenvalue weighted by Crippen LogP contribution is -2.28. The molecule has 0 aliphatic carbocycles. The van der Waals surface area contributed by atoms with Gasteiger partial charge in [-0.05, 0) is 35.9 Å². The minimum atomic E-state index is -0.376. The Balaban J connectivity index is 2.06. The van der Waals surface area contributed by atoms with Gasteiger partial charge in [0.15, 0.2) is 11.5 Å². The first-order valence-corrected chi connectivity index (χ1v) is 9.18.